The zero-order chi connectivity index (χ0) is 20.6. The molecule has 0 radical (unpaired) electrons. The lowest BCUT2D eigenvalue weighted by atomic mass is 10.2. The molecule has 0 spiro atoms. The lowest BCUT2D eigenvalue weighted by Gasteiger charge is -2.12. The van der Waals surface area contributed by atoms with Gasteiger partial charge in [-0.05, 0) is 36.4 Å². The van der Waals surface area contributed by atoms with Gasteiger partial charge in [-0.3, -0.25) is 4.79 Å². The molecule has 6 heteroatoms. The highest BCUT2D eigenvalue weighted by molar-refractivity contribution is 6.05. The number of hydrogen-bond acceptors (Lipinski definition) is 4. The first-order valence-electron chi connectivity index (χ1n) is 9.62. The Bertz CT molecular complexity index is 1090. The van der Waals surface area contributed by atoms with Gasteiger partial charge in [-0.25, -0.2) is 4.68 Å². The van der Waals surface area contributed by atoms with E-state index in [-0.39, 0.29) is 5.91 Å². The molecule has 1 aromatic heterocycles. The highest BCUT2D eigenvalue weighted by Crippen LogP contribution is 2.20. The van der Waals surface area contributed by atoms with Crippen molar-refractivity contribution in [1.82, 2.24) is 9.78 Å². The highest BCUT2D eigenvalue weighted by atomic mass is 16.5. The quantitative estimate of drug-likeness (QED) is 0.441. The van der Waals surface area contributed by atoms with Crippen molar-refractivity contribution in [3.05, 3.63) is 103 Å². The summed E-state index contributed by atoms with van der Waals surface area (Å²) in [5.41, 5.74) is 1.35. The molecule has 0 aliphatic rings. The molecule has 0 bridgehead atoms. The second-order valence-corrected chi connectivity index (χ2v) is 6.44. The monoisotopic (exact) mass is 399 g/mol. The zero-order valence-electron chi connectivity index (χ0n) is 16.3. The number of anilines is 1. The number of rotatable bonds is 8. The maximum atomic E-state index is 12.8. The molecule has 1 N–H and O–H groups in total. The number of amides is 1. The molecule has 0 fully saturated rings. The Kier molecular flexibility index (Phi) is 6.05. The molecular weight excluding hydrogens is 378 g/mol. The topological polar surface area (TPSA) is 65.4 Å². The minimum Gasteiger partial charge on any atom is -0.490 e. The highest BCUT2D eigenvalue weighted by Gasteiger charge is 2.14. The molecule has 4 rings (SSSR count). The van der Waals surface area contributed by atoms with Gasteiger partial charge >= 0.3 is 0 Å². The van der Waals surface area contributed by atoms with E-state index in [2.05, 4.69) is 10.4 Å². The summed E-state index contributed by atoms with van der Waals surface area (Å²) >= 11 is 0. The summed E-state index contributed by atoms with van der Waals surface area (Å²) < 4.78 is 13.1. The Balaban J connectivity index is 1.37. The van der Waals surface area contributed by atoms with Gasteiger partial charge in [0.25, 0.3) is 5.91 Å². The van der Waals surface area contributed by atoms with E-state index >= 15 is 0 Å². The number of carbonyl (C=O) groups excluding carboxylic acids is 1. The van der Waals surface area contributed by atoms with Gasteiger partial charge in [0.05, 0.1) is 11.3 Å². The first kappa shape index (κ1) is 19.3. The Labute approximate surface area is 174 Å². The van der Waals surface area contributed by atoms with Gasteiger partial charge in [0, 0.05) is 12.3 Å². The summed E-state index contributed by atoms with van der Waals surface area (Å²) in [6.07, 6.45) is 1.80. The fraction of sp³-hybridized carbons (Fsp3) is 0.0833. The third-order valence-electron chi connectivity index (χ3n) is 4.34. The predicted octanol–water partition coefficient (Wildman–Crippen LogP) is 4.58. The Morgan fingerprint density at radius 2 is 1.47 bits per heavy atom. The number of nitrogens with one attached hydrogen (secondary N) is 1. The van der Waals surface area contributed by atoms with E-state index in [0.29, 0.717) is 30.3 Å². The molecule has 6 nitrogen and oxygen atoms in total. The van der Waals surface area contributed by atoms with Gasteiger partial charge in [-0.15, -0.1) is 0 Å². The third kappa shape index (κ3) is 4.86. The van der Waals surface area contributed by atoms with Crippen LogP contribution in [0.15, 0.2) is 97.2 Å². The normalized spacial score (nSPS) is 10.4. The van der Waals surface area contributed by atoms with Gasteiger partial charge in [-0.2, -0.15) is 5.10 Å². The summed E-state index contributed by atoms with van der Waals surface area (Å²) in [4.78, 5) is 12.8. The fourth-order valence-electron chi connectivity index (χ4n) is 2.91. The largest absolute Gasteiger partial charge is 0.490 e. The molecule has 0 aliphatic carbocycles. The van der Waals surface area contributed by atoms with Crippen LogP contribution in [0.2, 0.25) is 0 Å². The van der Waals surface area contributed by atoms with Crippen LogP contribution in [0.5, 0.6) is 11.5 Å². The number of carbonyl (C=O) groups is 1. The van der Waals surface area contributed by atoms with Crippen LogP contribution in [0.25, 0.3) is 5.69 Å². The number of aromatic nitrogens is 2. The van der Waals surface area contributed by atoms with E-state index in [1.807, 2.05) is 66.7 Å². The van der Waals surface area contributed by atoms with E-state index < -0.39 is 0 Å². The molecule has 0 saturated heterocycles. The summed E-state index contributed by atoms with van der Waals surface area (Å²) in [6, 6.07) is 28.1. The van der Waals surface area contributed by atoms with E-state index in [4.69, 9.17) is 9.47 Å². The smallest absolute Gasteiger partial charge is 0.260 e. The van der Waals surface area contributed by atoms with E-state index in [1.54, 1.807) is 35.1 Å². The molecule has 3 aromatic carbocycles. The number of para-hydroxylation sites is 3. The Hall–Kier alpha value is -4.06. The minimum absolute atomic E-state index is 0.284. The number of nitrogens with zero attached hydrogens (tertiary/aromatic N) is 2. The van der Waals surface area contributed by atoms with Gasteiger partial charge in [0.2, 0.25) is 0 Å². The Morgan fingerprint density at radius 3 is 2.27 bits per heavy atom. The average molecular weight is 399 g/mol. The lowest BCUT2D eigenvalue weighted by Crippen LogP contribution is -2.16. The molecule has 1 amide bonds. The molecule has 150 valence electrons. The van der Waals surface area contributed by atoms with Crippen LogP contribution < -0.4 is 14.8 Å². The van der Waals surface area contributed by atoms with E-state index in [9.17, 15) is 4.79 Å². The van der Waals surface area contributed by atoms with Crippen LogP contribution in [-0.4, -0.2) is 28.9 Å². The van der Waals surface area contributed by atoms with Gasteiger partial charge in [0.1, 0.15) is 24.7 Å². The van der Waals surface area contributed by atoms with Crippen molar-refractivity contribution in [3.8, 4) is 17.2 Å². The van der Waals surface area contributed by atoms with Crippen LogP contribution in [0, 0.1) is 0 Å². The molecule has 0 saturated carbocycles. The molecule has 0 aliphatic heterocycles. The summed E-state index contributed by atoms with van der Waals surface area (Å²) in [5, 5.41) is 7.23. The predicted molar refractivity (Wildman–Crippen MR) is 115 cm³/mol. The van der Waals surface area contributed by atoms with Crippen LogP contribution >= 0.6 is 0 Å². The Morgan fingerprint density at radius 1 is 0.800 bits per heavy atom. The van der Waals surface area contributed by atoms with Gasteiger partial charge in [0.15, 0.2) is 5.82 Å². The van der Waals surface area contributed by atoms with Crippen molar-refractivity contribution in [1.29, 1.82) is 0 Å². The van der Waals surface area contributed by atoms with Gasteiger partial charge < -0.3 is 14.8 Å². The molecule has 4 aromatic rings. The van der Waals surface area contributed by atoms with E-state index in [0.717, 1.165) is 11.4 Å². The van der Waals surface area contributed by atoms with Crippen molar-refractivity contribution in [2.24, 2.45) is 0 Å². The molecular formula is C24H21N3O3. The average Bonchev–Trinajstić information content (AvgIpc) is 3.27. The van der Waals surface area contributed by atoms with Crippen LogP contribution in [-0.2, 0) is 0 Å². The second kappa shape index (κ2) is 9.43. The van der Waals surface area contributed by atoms with Crippen molar-refractivity contribution < 1.29 is 14.3 Å². The van der Waals surface area contributed by atoms with E-state index in [1.165, 1.54) is 0 Å². The first-order chi connectivity index (χ1) is 14.8. The first-order valence-corrected chi connectivity index (χ1v) is 9.62. The fourth-order valence-corrected chi connectivity index (χ4v) is 2.91. The SMILES string of the molecule is O=C(Nc1ccn(-c2ccccc2)n1)c1ccccc1OCCOc1ccccc1. The minimum atomic E-state index is -0.284. The van der Waals surface area contributed by atoms with Gasteiger partial charge in [-0.1, -0.05) is 48.5 Å². The molecule has 0 atom stereocenters. The number of ether oxygens (including phenoxy) is 2. The standard InChI is InChI=1S/C24H21N3O3/c28-24(25-23-15-16-27(26-23)19-9-3-1-4-10-19)21-13-7-8-14-22(21)30-18-17-29-20-11-5-2-6-12-20/h1-16H,17-18H2,(H,25,26,28). The van der Waals surface area contributed by atoms with Crippen molar-refractivity contribution in [3.63, 3.8) is 0 Å². The van der Waals surface area contributed by atoms with Crippen LogP contribution in [0.4, 0.5) is 5.82 Å². The van der Waals surface area contributed by atoms with Crippen LogP contribution in [0.3, 0.4) is 0 Å². The molecule has 0 unspecified atom stereocenters. The van der Waals surface area contributed by atoms with Crippen molar-refractivity contribution in [2.45, 2.75) is 0 Å². The second-order valence-electron chi connectivity index (χ2n) is 6.44. The molecule has 30 heavy (non-hydrogen) atoms. The van der Waals surface area contributed by atoms with Crippen LogP contribution in [0.1, 0.15) is 10.4 Å². The summed E-state index contributed by atoms with van der Waals surface area (Å²) in [6.45, 7) is 0.698. The third-order valence-corrected chi connectivity index (χ3v) is 4.34. The zero-order valence-corrected chi connectivity index (χ0v) is 16.3. The summed E-state index contributed by atoms with van der Waals surface area (Å²) in [5.74, 6) is 1.45. The molecule has 1 heterocycles. The number of benzene rings is 3. The number of hydrogen-bond donors (Lipinski definition) is 1. The lowest BCUT2D eigenvalue weighted by molar-refractivity contribution is 0.102. The maximum Gasteiger partial charge on any atom is 0.260 e. The summed E-state index contributed by atoms with van der Waals surface area (Å²) in [7, 11) is 0. The van der Waals surface area contributed by atoms with Crippen molar-refractivity contribution in [2.75, 3.05) is 18.5 Å². The maximum absolute atomic E-state index is 12.8. The van der Waals surface area contributed by atoms with Crippen molar-refractivity contribution >= 4 is 11.7 Å².